The summed E-state index contributed by atoms with van der Waals surface area (Å²) in [6, 6.07) is 8.69. The van der Waals surface area contributed by atoms with E-state index in [1.807, 2.05) is 6.07 Å². The first-order valence-electron chi connectivity index (χ1n) is 4.86. The lowest BCUT2D eigenvalue weighted by molar-refractivity contribution is 0.0149. The van der Waals surface area contributed by atoms with E-state index in [1.165, 1.54) is 5.56 Å². The highest BCUT2D eigenvalue weighted by molar-refractivity contribution is 9.10. The fourth-order valence-corrected chi connectivity index (χ4v) is 2.04. The molecule has 14 heavy (non-hydrogen) atoms. The van der Waals surface area contributed by atoms with E-state index in [0.29, 0.717) is 12.1 Å². The molecule has 1 N–H and O–H groups in total. The maximum Gasteiger partial charge on any atom is 0.0672 e. The van der Waals surface area contributed by atoms with Crippen LogP contribution in [0.3, 0.4) is 0 Å². The van der Waals surface area contributed by atoms with Crippen LogP contribution in [-0.4, -0.2) is 19.3 Å². The van der Waals surface area contributed by atoms with Gasteiger partial charge in [-0.05, 0) is 24.6 Å². The van der Waals surface area contributed by atoms with Crippen LogP contribution in [0.15, 0.2) is 28.7 Å². The van der Waals surface area contributed by atoms with Crippen molar-refractivity contribution in [2.75, 3.05) is 13.2 Å². The lowest BCUT2D eigenvalue weighted by Gasteiger charge is -2.28. The monoisotopic (exact) mass is 255 g/mol. The third-order valence-corrected chi connectivity index (χ3v) is 2.94. The van der Waals surface area contributed by atoms with Crippen LogP contribution in [0.4, 0.5) is 0 Å². The van der Waals surface area contributed by atoms with Gasteiger partial charge < -0.3 is 10.1 Å². The molecule has 2 rings (SSSR count). The molecule has 0 aliphatic carbocycles. The molecule has 2 nitrogen and oxygen atoms in total. The molecule has 1 aliphatic rings. The third kappa shape index (κ3) is 2.35. The highest BCUT2D eigenvalue weighted by Crippen LogP contribution is 2.20. The van der Waals surface area contributed by atoms with Crippen LogP contribution in [-0.2, 0) is 4.74 Å². The van der Waals surface area contributed by atoms with E-state index < -0.39 is 0 Å². The highest BCUT2D eigenvalue weighted by Gasteiger charge is 2.18. The van der Waals surface area contributed by atoms with Gasteiger partial charge in [0.25, 0.3) is 0 Å². The molecule has 0 saturated carbocycles. The SMILES string of the molecule is CC1CNC(c2cccc(Br)c2)CO1. The molecule has 76 valence electrons. The van der Waals surface area contributed by atoms with Crippen molar-refractivity contribution in [1.82, 2.24) is 5.32 Å². The number of ether oxygens (including phenoxy) is 1. The molecule has 1 saturated heterocycles. The molecule has 1 aliphatic heterocycles. The summed E-state index contributed by atoms with van der Waals surface area (Å²) in [7, 11) is 0. The van der Waals surface area contributed by atoms with Crippen LogP contribution < -0.4 is 5.32 Å². The first kappa shape index (κ1) is 10.1. The van der Waals surface area contributed by atoms with Crippen LogP contribution in [0, 0.1) is 0 Å². The van der Waals surface area contributed by atoms with E-state index in [-0.39, 0.29) is 0 Å². The van der Waals surface area contributed by atoms with Crippen molar-refractivity contribution < 1.29 is 4.74 Å². The third-order valence-electron chi connectivity index (χ3n) is 2.45. The number of rotatable bonds is 1. The number of morpholine rings is 1. The Bertz CT molecular complexity index is 308. The standard InChI is InChI=1S/C11H14BrNO/c1-8-6-13-11(7-14-8)9-3-2-4-10(12)5-9/h2-5,8,11,13H,6-7H2,1H3. The van der Waals surface area contributed by atoms with Gasteiger partial charge in [0, 0.05) is 11.0 Å². The maximum absolute atomic E-state index is 5.61. The molecule has 0 radical (unpaired) electrons. The van der Waals surface area contributed by atoms with Gasteiger partial charge in [-0.15, -0.1) is 0 Å². The van der Waals surface area contributed by atoms with Crippen molar-refractivity contribution in [1.29, 1.82) is 0 Å². The normalized spacial score (nSPS) is 27.6. The molecule has 1 fully saturated rings. The average Bonchev–Trinajstić information content (AvgIpc) is 2.19. The summed E-state index contributed by atoms with van der Waals surface area (Å²) in [6.45, 7) is 3.78. The van der Waals surface area contributed by atoms with Gasteiger partial charge in [-0.25, -0.2) is 0 Å². The lowest BCUT2D eigenvalue weighted by atomic mass is 10.1. The Morgan fingerprint density at radius 3 is 3.00 bits per heavy atom. The molecule has 2 atom stereocenters. The van der Waals surface area contributed by atoms with Crippen molar-refractivity contribution in [2.24, 2.45) is 0 Å². The molecule has 0 amide bonds. The number of benzene rings is 1. The Kier molecular flexibility index (Phi) is 3.21. The van der Waals surface area contributed by atoms with Crippen molar-refractivity contribution in [3.63, 3.8) is 0 Å². The number of nitrogens with one attached hydrogen (secondary N) is 1. The number of halogens is 1. The van der Waals surface area contributed by atoms with Crippen LogP contribution in [0.5, 0.6) is 0 Å². The highest BCUT2D eigenvalue weighted by atomic mass is 79.9. The molecule has 3 heteroatoms. The minimum absolute atomic E-state index is 0.332. The molecule has 1 aromatic carbocycles. The summed E-state index contributed by atoms with van der Waals surface area (Å²) < 4.78 is 6.73. The Balaban J connectivity index is 2.08. The molecule has 2 unspecified atom stereocenters. The zero-order valence-corrected chi connectivity index (χ0v) is 9.75. The van der Waals surface area contributed by atoms with Crippen molar-refractivity contribution in [3.8, 4) is 0 Å². The van der Waals surface area contributed by atoms with E-state index in [0.717, 1.165) is 17.6 Å². The van der Waals surface area contributed by atoms with Gasteiger partial charge in [-0.3, -0.25) is 0 Å². The summed E-state index contributed by atoms with van der Waals surface area (Å²) in [4.78, 5) is 0. The van der Waals surface area contributed by atoms with Gasteiger partial charge in [0.15, 0.2) is 0 Å². The Morgan fingerprint density at radius 2 is 2.36 bits per heavy atom. The molecule has 1 aromatic rings. The lowest BCUT2D eigenvalue weighted by Crippen LogP contribution is -2.39. The average molecular weight is 256 g/mol. The quantitative estimate of drug-likeness (QED) is 0.833. The second kappa shape index (κ2) is 4.43. The van der Waals surface area contributed by atoms with E-state index in [4.69, 9.17) is 4.74 Å². The molecule has 1 heterocycles. The van der Waals surface area contributed by atoms with E-state index in [1.54, 1.807) is 0 Å². The summed E-state index contributed by atoms with van der Waals surface area (Å²) in [5.41, 5.74) is 1.28. The topological polar surface area (TPSA) is 21.3 Å². The van der Waals surface area contributed by atoms with Crippen molar-refractivity contribution in [3.05, 3.63) is 34.3 Å². The Labute approximate surface area is 92.8 Å². The second-order valence-electron chi connectivity index (χ2n) is 3.66. The van der Waals surface area contributed by atoms with Crippen molar-refractivity contribution in [2.45, 2.75) is 19.1 Å². The van der Waals surface area contributed by atoms with E-state index in [9.17, 15) is 0 Å². The van der Waals surface area contributed by atoms with Crippen LogP contribution >= 0.6 is 15.9 Å². The number of hydrogen-bond donors (Lipinski definition) is 1. The van der Waals surface area contributed by atoms with Gasteiger partial charge in [0.1, 0.15) is 0 Å². The zero-order valence-electron chi connectivity index (χ0n) is 8.16. The van der Waals surface area contributed by atoms with Crippen LogP contribution in [0.2, 0.25) is 0 Å². The largest absolute Gasteiger partial charge is 0.375 e. The van der Waals surface area contributed by atoms with Gasteiger partial charge in [-0.2, -0.15) is 0 Å². The van der Waals surface area contributed by atoms with Gasteiger partial charge >= 0.3 is 0 Å². The molecular formula is C11H14BrNO. The fraction of sp³-hybridized carbons (Fsp3) is 0.455. The predicted octanol–water partition coefficient (Wildman–Crippen LogP) is 2.50. The first-order valence-corrected chi connectivity index (χ1v) is 5.65. The van der Waals surface area contributed by atoms with E-state index in [2.05, 4.69) is 46.4 Å². The summed E-state index contributed by atoms with van der Waals surface area (Å²) in [5.74, 6) is 0. The minimum atomic E-state index is 0.332. The fourth-order valence-electron chi connectivity index (χ4n) is 1.62. The summed E-state index contributed by atoms with van der Waals surface area (Å²) in [5, 5.41) is 3.47. The van der Waals surface area contributed by atoms with E-state index >= 15 is 0 Å². The van der Waals surface area contributed by atoms with Crippen LogP contribution in [0.1, 0.15) is 18.5 Å². The van der Waals surface area contributed by atoms with Gasteiger partial charge in [-0.1, -0.05) is 28.1 Å². The van der Waals surface area contributed by atoms with Crippen LogP contribution in [0.25, 0.3) is 0 Å². The van der Waals surface area contributed by atoms with Gasteiger partial charge in [0.2, 0.25) is 0 Å². The molecule has 0 bridgehead atoms. The summed E-state index contributed by atoms with van der Waals surface area (Å²) >= 11 is 3.47. The second-order valence-corrected chi connectivity index (χ2v) is 4.58. The Hall–Kier alpha value is -0.380. The predicted molar refractivity (Wildman–Crippen MR) is 60.3 cm³/mol. The van der Waals surface area contributed by atoms with Crippen molar-refractivity contribution >= 4 is 15.9 Å². The summed E-state index contributed by atoms with van der Waals surface area (Å²) in [6.07, 6.45) is 0.332. The molecule has 0 spiro atoms. The number of hydrogen-bond acceptors (Lipinski definition) is 2. The Morgan fingerprint density at radius 1 is 1.50 bits per heavy atom. The zero-order chi connectivity index (χ0) is 9.97. The molecule has 0 aromatic heterocycles. The maximum atomic E-state index is 5.61. The van der Waals surface area contributed by atoms with Gasteiger partial charge in [0.05, 0.1) is 18.8 Å². The smallest absolute Gasteiger partial charge is 0.0672 e. The first-order chi connectivity index (χ1) is 6.75. The minimum Gasteiger partial charge on any atom is -0.375 e. The molecular weight excluding hydrogens is 242 g/mol.